The molecule has 12 aromatic carbocycles. The number of para-hydroxylation sites is 1. The van der Waals surface area contributed by atoms with E-state index in [1.165, 1.54) is 87.2 Å². The Kier molecular flexibility index (Phi) is 8.90. The maximum absolute atomic E-state index is 2.40. The SMILES string of the molecule is c1ccc(-c2ccc(N(c3ccc(-c4ccc5ccccc5c4)cc3)c3ccccc3-c3cccc(-c4cccc5c4ccc4ccc6ccc7ccccc7c6c45)c3)cc2)cc1. The molecular formula is C62H41N. The van der Waals surface area contributed by atoms with Gasteiger partial charge in [0.1, 0.15) is 0 Å². The Morgan fingerprint density at radius 2 is 0.698 bits per heavy atom. The van der Waals surface area contributed by atoms with Crippen LogP contribution in [0.4, 0.5) is 17.1 Å². The van der Waals surface area contributed by atoms with Crippen molar-refractivity contribution < 1.29 is 0 Å². The van der Waals surface area contributed by atoms with Crippen LogP contribution in [0.3, 0.4) is 0 Å². The minimum Gasteiger partial charge on any atom is -0.310 e. The molecule has 0 bridgehead atoms. The van der Waals surface area contributed by atoms with Crippen LogP contribution in [0.25, 0.3) is 98.4 Å². The van der Waals surface area contributed by atoms with Gasteiger partial charge in [-0.2, -0.15) is 0 Å². The van der Waals surface area contributed by atoms with Crippen molar-refractivity contribution in [2.24, 2.45) is 0 Å². The third-order valence-electron chi connectivity index (χ3n) is 12.8. The average molecular weight is 800 g/mol. The zero-order valence-corrected chi connectivity index (χ0v) is 34.6. The van der Waals surface area contributed by atoms with Gasteiger partial charge >= 0.3 is 0 Å². The van der Waals surface area contributed by atoms with E-state index in [9.17, 15) is 0 Å². The van der Waals surface area contributed by atoms with E-state index in [-0.39, 0.29) is 0 Å². The molecule has 12 rings (SSSR count). The van der Waals surface area contributed by atoms with Gasteiger partial charge < -0.3 is 4.90 Å². The highest BCUT2D eigenvalue weighted by Gasteiger charge is 2.19. The summed E-state index contributed by atoms with van der Waals surface area (Å²) in [7, 11) is 0. The van der Waals surface area contributed by atoms with Crippen LogP contribution in [-0.2, 0) is 0 Å². The first-order valence-corrected chi connectivity index (χ1v) is 21.7. The quantitative estimate of drug-likeness (QED) is 0.145. The molecule has 12 aromatic rings. The summed E-state index contributed by atoms with van der Waals surface area (Å²) in [5.41, 5.74) is 12.8. The van der Waals surface area contributed by atoms with E-state index in [2.05, 4.69) is 254 Å². The van der Waals surface area contributed by atoms with Crippen molar-refractivity contribution in [2.45, 2.75) is 0 Å². The second kappa shape index (κ2) is 15.3. The van der Waals surface area contributed by atoms with Crippen LogP contribution in [0.2, 0.25) is 0 Å². The van der Waals surface area contributed by atoms with Gasteiger partial charge in [0.2, 0.25) is 0 Å². The molecule has 0 aromatic heterocycles. The maximum atomic E-state index is 2.40. The first-order valence-electron chi connectivity index (χ1n) is 21.7. The van der Waals surface area contributed by atoms with Gasteiger partial charge in [0.05, 0.1) is 5.69 Å². The number of rotatable bonds is 7. The molecule has 0 aliphatic heterocycles. The highest BCUT2D eigenvalue weighted by Crippen LogP contribution is 2.44. The van der Waals surface area contributed by atoms with Gasteiger partial charge in [0, 0.05) is 16.9 Å². The molecule has 0 aliphatic carbocycles. The summed E-state index contributed by atoms with van der Waals surface area (Å²) < 4.78 is 0. The lowest BCUT2D eigenvalue weighted by molar-refractivity contribution is 1.28. The number of hydrogen-bond acceptors (Lipinski definition) is 1. The van der Waals surface area contributed by atoms with Crippen molar-refractivity contribution in [3.05, 3.63) is 249 Å². The second-order valence-corrected chi connectivity index (χ2v) is 16.5. The Morgan fingerprint density at radius 1 is 0.222 bits per heavy atom. The van der Waals surface area contributed by atoms with Crippen molar-refractivity contribution in [3.8, 4) is 44.5 Å². The van der Waals surface area contributed by atoms with E-state index in [4.69, 9.17) is 0 Å². The molecular weight excluding hydrogens is 759 g/mol. The van der Waals surface area contributed by atoms with Gasteiger partial charge in [-0.1, -0.05) is 206 Å². The average Bonchev–Trinajstić information content (AvgIpc) is 3.36. The monoisotopic (exact) mass is 799 g/mol. The number of fused-ring (bicyclic) bond motifs is 8. The smallest absolute Gasteiger partial charge is 0.0540 e. The van der Waals surface area contributed by atoms with E-state index in [0.29, 0.717) is 0 Å². The molecule has 294 valence electrons. The Morgan fingerprint density at radius 3 is 1.46 bits per heavy atom. The van der Waals surface area contributed by atoms with E-state index in [1.807, 2.05) is 0 Å². The number of hydrogen-bond donors (Lipinski definition) is 0. The summed E-state index contributed by atoms with van der Waals surface area (Å²) in [6.07, 6.45) is 0. The second-order valence-electron chi connectivity index (χ2n) is 16.5. The fourth-order valence-corrected chi connectivity index (χ4v) is 9.73. The molecule has 1 heteroatoms. The topological polar surface area (TPSA) is 3.24 Å². The fourth-order valence-electron chi connectivity index (χ4n) is 9.73. The van der Waals surface area contributed by atoms with E-state index >= 15 is 0 Å². The molecule has 0 aliphatic rings. The lowest BCUT2D eigenvalue weighted by atomic mass is 9.89. The van der Waals surface area contributed by atoms with Crippen LogP contribution in [0.15, 0.2) is 249 Å². The first kappa shape index (κ1) is 36.6. The van der Waals surface area contributed by atoms with Gasteiger partial charge in [-0.05, 0) is 135 Å². The first-order chi connectivity index (χ1) is 31.2. The van der Waals surface area contributed by atoms with E-state index in [1.54, 1.807) is 0 Å². The van der Waals surface area contributed by atoms with Gasteiger partial charge in [0.25, 0.3) is 0 Å². The van der Waals surface area contributed by atoms with Gasteiger partial charge in [-0.25, -0.2) is 0 Å². The van der Waals surface area contributed by atoms with Gasteiger partial charge in [0.15, 0.2) is 0 Å². The summed E-state index contributed by atoms with van der Waals surface area (Å²) in [6.45, 7) is 0. The normalized spacial score (nSPS) is 11.5. The molecule has 0 saturated carbocycles. The van der Waals surface area contributed by atoms with E-state index in [0.717, 1.165) is 28.2 Å². The lowest BCUT2D eigenvalue weighted by Crippen LogP contribution is -2.11. The van der Waals surface area contributed by atoms with Gasteiger partial charge in [-0.3, -0.25) is 0 Å². The Bertz CT molecular complexity index is 3650. The molecule has 0 saturated heterocycles. The Labute approximate surface area is 367 Å². The zero-order chi connectivity index (χ0) is 41.7. The van der Waals surface area contributed by atoms with Crippen molar-refractivity contribution >= 4 is 70.9 Å². The molecule has 0 spiro atoms. The minimum absolute atomic E-state index is 1.09. The standard InChI is InChI=1S/C62H41N/c1-2-12-42(13-3-1)44-30-35-53(36-31-44)63(54-37-32-45(33-38-54)50-29-24-43-14-4-5-16-49(43)40-50)60-23-9-8-19-56(60)52-18-10-17-51(41-52)55-21-11-22-59-58(55)39-34-48-28-27-47-26-25-46-15-6-7-20-57(46)61(47)62(48)59/h1-41H. The highest BCUT2D eigenvalue weighted by molar-refractivity contribution is 6.28. The summed E-state index contributed by atoms with van der Waals surface area (Å²) in [5, 5.41) is 12.7. The van der Waals surface area contributed by atoms with Crippen molar-refractivity contribution in [3.63, 3.8) is 0 Å². The summed E-state index contributed by atoms with van der Waals surface area (Å²) in [4.78, 5) is 2.40. The Hall–Kier alpha value is -8.26. The lowest BCUT2D eigenvalue weighted by Gasteiger charge is -2.28. The van der Waals surface area contributed by atoms with Crippen LogP contribution < -0.4 is 4.90 Å². The molecule has 0 radical (unpaired) electrons. The fraction of sp³-hybridized carbons (Fsp3) is 0. The van der Waals surface area contributed by atoms with Crippen molar-refractivity contribution in [1.29, 1.82) is 0 Å². The summed E-state index contributed by atoms with van der Waals surface area (Å²) >= 11 is 0. The number of nitrogens with zero attached hydrogens (tertiary/aromatic N) is 1. The summed E-state index contributed by atoms with van der Waals surface area (Å²) in [6, 6.07) is 91.0. The van der Waals surface area contributed by atoms with Crippen LogP contribution in [0.5, 0.6) is 0 Å². The van der Waals surface area contributed by atoms with Crippen LogP contribution in [0, 0.1) is 0 Å². The van der Waals surface area contributed by atoms with Crippen LogP contribution in [0.1, 0.15) is 0 Å². The summed E-state index contributed by atoms with van der Waals surface area (Å²) in [5.74, 6) is 0. The molecule has 0 fully saturated rings. The van der Waals surface area contributed by atoms with Crippen molar-refractivity contribution in [1.82, 2.24) is 0 Å². The van der Waals surface area contributed by atoms with Crippen LogP contribution >= 0.6 is 0 Å². The van der Waals surface area contributed by atoms with Crippen molar-refractivity contribution in [2.75, 3.05) is 4.90 Å². The third kappa shape index (κ3) is 6.50. The number of benzene rings is 12. The maximum Gasteiger partial charge on any atom is 0.0540 e. The molecule has 0 unspecified atom stereocenters. The Balaban J connectivity index is 0.987. The molecule has 0 atom stereocenters. The van der Waals surface area contributed by atoms with E-state index < -0.39 is 0 Å². The predicted molar refractivity (Wildman–Crippen MR) is 270 cm³/mol. The number of anilines is 3. The predicted octanol–water partition coefficient (Wildman–Crippen LogP) is 17.6. The highest BCUT2D eigenvalue weighted by atomic mass is 15.1. The van der Waals surface area contributed by atoms with Crippen LogP contribution in [-0.4, -0.2) is 0 Å². The molecule has 63 heavy (non-hydrogen) atoms. The largest absolute Gasteiger partial charge is 0.310 e. The minimum atomic E-state index is 1.09. The molecule has 0 N–H and O–H groups in total. The third-order valence-corrected chi connectivity index (χ3v) is 12.8. The molecule has 1 nitrogen and oxygen atoms in total. The van der Waals surface area contributed by atoms with Gasteiger partial charge in [-0.15, -0.1) is 0 Å². The molecule has 0 amide bonds. The zero-order valence-electron chi connectivity index (χ0n) is 34.6. The molecule has 0 heterocycles.